The quantitative estimate of drug-likeness (QED) is 0.246. The first-order valence-corrected chi connectivity index (χ1v) is 13.3. The molecule has 4 aromatic rings. The van der Waals surface area contributed by atoms with Crippen molar-refractivity contribution in [1.29, 1.82) is 0 Å². The van der Waals surface area contributed by atoms with Crippen LogP contribution in [0.15, 0.2) is 70.3 Å². The molecule has 0 aliphatic carbocycles. The van der Waals surface area contributed by atoms with Gasteiger partial charge in [0.05, 0.1) is 32.2 Å². The molecule has 0 aliphatic rings. The molecule has 1 heterocycles. The van der Waals surface area contributed by atoms with E-state index < -0.39 is 29.2 Å². The van der Waals surface area contributed by atoms with Crippen LogP contribution in [0.1, 0.15) is 27.9 Å². The number of nitrogens with one attached hydrogen (secondary N) is 2. The summed E-state index contributed by atoms with van der Waals surface area (Å²) >= 11 is 12.2. The standard InChI is InChI=1S/C29H28Cl2N4O5/c1-32-14-4-5-17-10-13-24-20(15-17)27(37)35(29(40)34(24)2)19-11-8-18(9-12-19)16-23(28(38)39)33-26(36)25-21(30)6-3-7-22(25)31/h3,6-13,15,23,32H,4-5,14,16H2,1-2H3,(H,33,36)(H,38,39)/t23-/m0/s1. The molecule has 9 nitrogen and oxygen atoms in total. The molecular weight excluding hydrogens is 555 g/mol. The molecule has 0 radical (unpaired) electrons. The number of benzene rings is 3. The Morgan fingerprint density at radius 2 is 1.62 bits per heavy atom. The van der Waals surface area contributed by atoms with E-state index in [1.807, 2.05) is 19.2 Å². The Kier molecular flexibility index (Phi) is 9.09. The van der Waals surface area contributed by atoms with Gasteiger partial charge in [-0.2, -0.15) is 0 Å². The van der Waals surface area contributed by atoms with Crippen molar-refractivity contribution in [2.24, 2.45) is 7.05 Å². The predicted molar refractivity (Wildman–Crippen MR) is 156 cm³/mol. The van der Waals surface area contributed by atoms with Gasteiger partial charge in [-0.3, -0.25) is 14.2 Å². The van der Waals surface area contributed by atoms with Crippen molar-refractivity contribution in [3.05, 3.63) is 108 Å². The number of rotatable bonds is 10. The van der Waals surface area contributed by atoms with E-state index in [9.17, 15) is 24.3 Å². The lowest BCUT2D eigenvalue weighted by molar-refractivity contribution is -0.139. The van der Waals surface area contributed by atoms with Gasteiger partial charge in [0.15, 0.2) is 0 Å². The lowest BCUT2D eigenvalue weighted by Gasteiger charge is -2.16. The van der Waals surface area contributed by atoms with Crippen molar-refractivity contribution < 1.29 is 14.7 Å². The number of carboxylic acids is 1. The van der Waals surface area contributed by atoms with E-state index in [1.54, 1.807) is 43.4 Å². The van der Waals surface area contributed by atoms with Gasteiger partial charge in [-0.05, 0) is 74.0 Å². The third kappa shape index (κ3) is 6.12. The summed E-state index contributed by atoms with van der Waals surface area (Å²) < 4.78 is 2.53. The van der Waals surface area contributed by atoms with Crippen LogP contribution in [0.25, 0.3) is 16.6 Å². The van der Waals surface area contributed by atoms with Gasteiger partial charge in [0.1, 0.15) is 6.04 Å². The van der Waals surface area contributed by atoms with E-state index in [1.165, 1.54) is 16.7 Å². The Hall–Kier alpha value is -3.92. The summed E-state index contributed by atoms with van der Waals surface area (Å²) in [5.74, 6) is -1.96. The molecule has 0 aliphatic heterocycles. The van der Waals surface area contributed by atoms with E-state index >= 15 is 0 Å². The molecule has 1 aromatic heterocycles. The van der Waals surface area contributed by atoms with Crippen LogP contribution in [0.4, 0.5) is 0 Å². The second kappa shape index (κ2) is 12.5. The predicted octanol–water partition coefficient (Wildman–Crippen LogP) is 3.57. The van der Waals surface area contributed by atoms with E-state index in [2.05, 4.69) is 10.6 Å². The summed E-state index contributed by atoms with van der Waals surface area (Å²) in [6.45, 7) is 0.849. The van der Waals surface area contributed by atoms with Gasteiger partial charge in [-0.25, -0.2) is 14.2 Å². The average molecular weight is 583 g/mol. The summed E-state index contributed by atoms with van der Waals surface area (Å²) in [4.78, 5) is 51.2. The van der Waals surface area contributed by atoms with Crippen molar-refractivity contribution >= 4 is 46.0 Å². The highest BCUT2D eigenvalue weighted by Gasteiger charge is 2.24. The molecule has 0 saturated heterocycles. The number of fused-ring (bicyclic) bond motifs is 1. The van der Waals surface area contributed by atoms with Crippen molar-refractivity contribution in [2.75, 3.05) is 13.6 Å². The second-order valence-electron chi connectivity index (χ2n) is 9.37. The molecule has 4 rings (SSSR count). The number of carboxylic acid groups (broad SMARTS) is 1. The lowest BCUT2D eigenvalue weighted by Crippen LogP contribution is -2.42. The third-order valence-electron chi connectivity index (χ3n) is 6.65. The van der Waals surface area contributed by atoms with Crippen molar-refractivity contribution in [2.45, 2.75) is 25.3 Å². The summed E-state index contributed by atoms with van der Waals surface area (Å²) in [6.07, 6.45) is 1.65. The van der Waals surface area contributed by atoms with Crippen LogP contribution >= 0.6 is 23.2 Å². The molecule has 0 bridgehead atoms. The van der Waals surface area contributed by atoms with Crippen LogP contribution in [0, 0.1) is 0 Å². The second-order valence-corrected chi connectivity index (χ2v) is 10.2. The number of carbonyl (C=O) groups is 2. The van der Waals surface area contributed by atoms with Crippen LogP contribution in [0.3, 0.4) is 0 Å². The summed E-state index contributed by atoms with van der Waals surface area (Å²) in [5.41, 5.74) is 1.51. The number of aryl methyl sites for hydroxylation is 2. The first kappa shape index (κ1) is 29.1. The maximum absolute atomic E-state index is 13.4. The molecule has 11 heteroatoms. The minimum atomic E-state index is -1.27. The minimum Gasteiger partial charge on any atom is -0.480 e. The SMILES string of the molecule is CNCCCc1ccc2c(c1)c(=O)n(-c1ccc(C[C@H](NC(=O)c3c(Cl)cccc3Cl)C(=O)O)cc1)c(=O)n2C. The van der Waals surface area contributed by atoms with Gasteiger partial charge in [-0.1, -0.05) is 47.5 Å². The minimum absolute atomic E-state index is 0.0101. The molecule has 1 atom stereocenters. The number of aliphatic carboxylic acids is 1. The number of amides is 1. The Labute approximate surface area is 240 Å². The highest BCUT2D eigenvalue weighted by Crippen LogP contribution is 2.24. The number of nitrogens with zero attached hydrogens (tertiary/aromatic N) is 2. The molecular formula is C29H28Cl2N4O5. The Morgan fingerprint density at radius 3 is 2.25 bits per heavy atom. The molecule has 3 N–H and O–H groups in total. The molecule has 0 unspecified atom stereocenters. The fourth-order valence-corrected chi connectivity index (χ4v) is 5.09. The number of halogens is 2. The number of hydrogen-bond acceptors (Lipinski definition) is 5. The third-order valence-corrected chi connectivity index (χ3v) is 7.28. The van der Waals surface area contributed by atoms with E-state index in [4.69, 9.17) is 23.2 Å². The van der Waals surface area contributed by atoms with Crippen LogP contribution in [-0.2, 0) is 24.7 Å². The smallest absolute Gasteiger partial charge is 0.335 e. The number of aromatic nitrogens is 2. The molecule has 40 heavy (non-hydrogen) atoms. The fraction of sp³-hybridized carbons (Fsp3) is 0.241. The zero-order valence-corrected chi connectivity index (χ0v) is 23.4. The van der Waals surface area contributed by atoms with Crippen molar-refractivity contribution in [1.82, 2.24) is 19.8 Å². The molecule has 1 amide bonds. The Balaban J connectivity index is 1.61. The van der Waals surface area contributed by atoms with E-state index in [0.29, 0.717) is 22.2 Å². The summed E-state index contributed by atoms with van der Waals surface area (Å²) in [5, 5.41) is 15.9. The summed E-state index contributed by atoms with van der Waals surface area (Å²) in [6, 6.07) is 15.2. The molecule has 0 fully saturated rings. The van der Waals surface area contributed by atoms with Crippen LogP contribution in [0.5, 0.6) is 0 Å². The average Bonchev–Trinajstić information content (AvgIpc) is 2.92. The highest BCUT2D eigenvalue weighted by atomic mass is 35.5. The largest absolute Gasteiger partial charge is 0.480 e. The first-order chi connectivity index (χ1) is 19.1. The molecule has 208 valence electrons. The van der Waals surface area contributed by atoms with Crippen LogP contribution in [0.2, 0.25) is 10.0 Å². The van der Waals surface area contributed by atoms with Gasteiger partial charge < -0.3 is 15.7 Å². The number of hydrogen-bond donors (Lipinski definition) is 3. The zero-order valence-electron chi connectivity index (χ0n) is 21.9. The first-order valence-electron chi connectivity index (χ1n) is 12.6. The highest BCUT2D eigenvalue weighted by molar-refractivity contribution is 6.39. The molecule has 0 spiro atoms. The van der Waals surface area contributed by atoms with Crippen molar-refractivity contribution in [3.63, 3.8) is 0 Å². The van der Waals surface area contributed by atoms with Gasteiger partial charge in [-0.15, -0.1) is 0 Å². The fourth-order valence-electron chi connectivity index (χ4n) is 4.52. The molecule has 3 aromatic carbocycles. The zero-order chi connectivity index (χ0) is 29.0. The van der Waals surface area contributed by atoms with Gasteiger partial charge in [0.25, 0.3) is 11.5 Å². The van der Waals surface area contributed by atoms with E-state index in [-0.39, 0.29) is 22.0 Å². The molecule has 0 saturated carbocycles. The topological polar surface area (TPSA) is 122 Å². The normalized spacial score (nSPS) is 11.9. The van der Waals surface area contributed by atoms with Crippen LogP contribution < -0.4 is 21.9 Å². The Morgan fingerprint density at radius 1 is 0.975 bits per heavy atom. The maximum Gasteiger partial charge on any atom is 0.335 e. The van der Waals surface area contributed by atoms with Gasteiger partial charge >= 0.3 is 11.7 Å². The lowest BCUT2D eigenvalue weighted by atomic mass is 10.0. The van der Waals surface area contributed by atoms with E-state index in [0.717, 1.165) is 29.5 Å². The number of carbonyl (C=O) groups excluding carboxylic acids is 1. The van der Waals surface area contributed by atoms with Gasteiger partial charge in [0, 0.05) is 13.5 Å². The maximum atomic E-state index is 13.4. The monoisotopic (exact) mass is 582 g/mol. The van der Waals surface area contributed by atoms with Gasteiger partial charge in [0.2, 0.25) is 0 Å². The van der Waals surface area contributed by atoms with Crippen LogP contribution in [-0.4, -0.2) is 45.8 Å². The van der Waals surface area contributed by atoms with Crippen molar-refractivity contribution in [3.8, 4) is 5.69 Å². The summed E-state index contributed by atoms with van der Waals surface area (Å²) in [7, 11) is 3.50. The Bertz CT molecular complexity index is 1680.